The first kappa shape index (κ1) is 25.1. The van der Waals surface area contributed by atoms with Gasteiger partial charge in [0.25, 0.3) is 0 Å². The van der Waals surface area contributed by atoms with Gasteiger partial charge in [0.2, 0.25) is 0 Å². The largest absolute Gasteiger partial charge is 0.508 e. The van der Waals surface area contributed by atoms with Gasteiger partial charge in [0.15, 0.2) is 0 Å². The van der Waals surface area contributed by atoms with E-state index in [-0.39, 0.29) is 35.6 Å². The molecule has 180 valence electrons. The summed E-state index contributed by atoms with van der Waals surface area (Å²) >= 11 is 0. The van der Waals surface area contributed by atoms with Crippen molar-refractivity contribution in [1.82, 2.24) is 0 Å². The number of hydrogen-bond acceptors (Lipinski definition) is 4. The smallest absolute Gasteiger partial charge is 0.331 e. The molecule has 1 aromatic carbocycles. The minimum Gasteiger partial charge on any atom is -0.508 e. The number of rotatable bonds is 8. The fourth-order valence-electron chi connectivity index (χ4n) is 5.92. The monoisotopic (exact) mass is 454 g/mol. The van der Waals surface area contributed by atoms with E-state index in [1.165, 1.54) is 11.6 Å². The number of esters is 1. The number of carbonyl (C=O) groups excluding carboxylic acids is 1. The Morgan fingerprint density at radius 2 is 1.91 bits per heavy atom. The van der Waals surface area contributed by atoms with Gasteiger partial charge in [-0.3, -0.25) is 4.79 Å². The number of hydrogen-bond donors (Lipinski definition) is 2. The number of carboxylic acids is 1. The van der Waals surface area contributed by atoms with E-state index in [2.05, 4.69) is 26.8 Å². The van der Waals surface area contributed by atoms with E-state index in [9.17, 15) is 14.7 Å². The molecule has 1 saturated carbocycles. The summed E-state index contributed by atoms with van der Waals surface area (Å²) < 4.78 is 5.94. The van der Waals surface area contributed by atoms with Crippen LogP contribution in [0.15, 0.2) is 42.0 Å². The van der Waals surface area contributed by atoms with Gasteiger partial charge in [0, 0.05) is 17.9 Å². The molecule has 0 saturated heterocycles. The fourth-order valence-corrected chi connectivity index (χ4v) is 5.92. The van der Waals surface area contributed by atoms with Gasteiger partial charge in [0.1, 0.15) is 11.9 Å². The van der Waals surface area contributed by atoms with Crippen LogP contribution in [0.25, 0.3) is 6.08 Å². The molecular weight excluding hydrogens is 416 g/mol. The van der Waals surface area contributed by atoms with E-state index in [0.29, 0.717) is 17.8 Å². The Morgan fingerprint density at radius 1 is 1.21 bits per heavy atom. The topological polar surface area (TPSA) is 83.8 Å². The van der Waals surface area contributed by atoms with Crippen molar-refractivity contribution in [3.8, 4) is 5.75 Å². The van der Waals surface area contributed by atoms with Crippen molar-refractivity contribution < 1.29 is 24.5 Å². The third-order valence-corrected chi connectivity index (χ3v) is 7.92. The van der Waals surface area contributed by atoms with E-state index in [1.807, 2.05) is 6.92 Å². The van der Waals surface area contributed by atoms with Gasteiger partial charge in [0.05, 0.1) is 0 Å². The van der Waals surface area contributed by atoms with E-state index < -0.39 is 5.97 Å². The molecule has 2 aliphatic rings. The number of phenolic OH excluding ortho intramolecular Hbond substituents is 1. The minimum atomic E-state index is -0.723. The first-order valence-electron chi connectivity index (χ1n) is 12.1. The van der Waals surface area contributed by atoms with Crippen LogP contribution in [0.4, 0.5) is 0 Å². The Hall–Kier alpha value is -2.56. The Morgan fingerprint density at radius 3 is 2.58 bits per heavy atom. The molecule has 0 amide bonds. The Kier molecular flexibility index (Phi) is 8.04. The predicted molar refractivity (Wildman–Crippen MR) is 130 cm³/mol. The predicted octanol–water partition coefficient (Wildman–Crippen LogP) is 6.23. The van der Waals surface area contributed by atoms with Gasteiger partial charge in [-0.15, -0.1) is 0 Å². The molecule has 1 aromatic rings. The Bertz CT molecular complexity index is 895. The van der Waals surface area contributed by atoms with Crippen LogP contribution in [0.3, 0.4) is 0 Å². The molecule has 0 heterocycles. The highest BCUT2D eigenvalue weighted by Gasteiger charge is 2.50. The number of fused-ring (bicyclic) bond motifs is 1. The summed E-state index contributed by atoms with van der Waals surface area (Å²) in [6.45, 7) is 8.70. The molecule has 5 nitrogen and oxygen atoms in total. The first-order valence-corrected chi connectivity index (χ1v) is 12.1. The molecule has 0 bridgehead atoms. The number of carbonyl (C=O) groups is 2. The molecule has 33 heavy (non-hydrogen) atoms. The lowest BCUT2D eigenvalue weighted by Crippen LogP contribution is -2.49. The van der Waals surface area contributed by atoms with Gasteiger partial charge in [-0.1, -0.05) is 44.6 Å². The van der Waals surface area contributed by atoms with Crippen molar-refractivity contribution >= 4 is 18.0 Å². The minimum absolute atomic E-state index is 0.130. The average Bonchev–Trinajstić information content (AvgIpc) is 2.74. The molecule has 3 rings (SSSR count). The van der Waals surface area contributed by atoms with Crippen LogP contribution in [0.1, 0.15) is 71.8 Å². The molecule has 0 aromatic heterocycles. The third-order valence-electron chi connectivity index (χ3n) is 7.92. The number of carboxylic acid groups (broad SMARTS) is 1. The summed E-state index contributed by atoms with van der Waals surface area (Å²) in [4.78, 5) is 23.6. The summed E-state index contributed by atoms with van der Waals surface area (Å²) in [6.07, 6.45) is 10.4. The molecular formula is C28H38O5. The second-order valence-corrected chi connectivity index (χ2v) is 10.6. The second-order valence-electron chi connectivity index (χ2n) is 10.6. The number of allylic oxidation sites excluding steroid dienone is 2. The zero-order valence-electron chi connectivity index (χ0n) is 20.3. The van der Waals surface area contributed by atoms with Gasteiger partial charge >= 0.3 is 11.9 Å². The number of aliphatic carboxylic acids is 1. The maximum absolute atomic E-state index is 12.6. The van der Waals surface area contributed by atoms with Gasteiger partial charge in [-0.05, 0) is 86.5 Å². The molecule has 0 unspecified atom stereocenters. The molecule has 0 radical (unpaired) electrons. The standard InChI is InChI=1S/C28H38O5/c1-18(17-26(30)31)5-12-22-19(2)6-14-24-23(22)13-15-25(28(24,3)4)33-27(32)16-9-20-7-10-21(29)11-8-20/h6-11,16,18,22-25,29H,5,12-15,17H2,1-4H3,(H,30,31)/b16-9+/t18-,22-,23+,24+,25-/m0/s1. The van der Waals surface area contributed by atoms with Gasteiger partial charge in [-0.25, -0.2) is 4.79 Å². The van der Waals surface area contributed by atoms with Crippen molar-refractivity contribution in [2.24, 2.45) is 29.1 Å². The van der Waals surface area contributed by atoms with Crippen LogP contribution in [-0.4, -0.2) is 28.3 Å². The van der Waals surface area contributed by atoms with E-state index >= 15 is 0 Å². The molecule has 5 heteroatoms. The molecule has 2 aliphatic carbocycles. The SMILES string of the molecule is CC1=CC[C@@H]2[C@H](CC[C@H](OC(=O)/C=C/c3ccc(O)cc3)C2(C)C)[C@H]1CC[C@H](C)CC(=O)O. The highest BCUT2D eigenvalue weighted by Crippen LogP contribution is 2.54. The zero-order valence-corrected chi connectivity index (χ0v) is 20.3. The lowest BCUT2D eigenvalue weighted by atomic mass is 9.54. The van der Waals surface area contributed by atoms with Crippen LogP contribution in [-0.2, 0) is 14.3 Å². The Balaban J connectivity index is 1.63. The van der Waals surface area contributed by atoms with E-state index in [4.69, 9.17) is 9.84 Å². The lowest BCUT2D eigenvalue weighted by Gasteiger charge is -2.52. The van der Waals surface area contributed by atoms with Crippen molar-refractivity contribution in [2.45, 2.75) is 72.3 Å². The Labute approximate surface area is 197 Å². The molecule has 2 N–H and O–H groups in total. The third kappa shape index (κ3) is 6.27. The zero-order chi connectivity index (χ0) is 24.2. The maximum atomic E-state index is 12.6. The normalized spacial score (nSPS) is 27.5. The van der Waals surface area contributed by atoms with Gasteiger partial charge in [-0.2, -0.15) is 0 Å². The quantitative estimate of drug-likeness (QED) is 0.276. The molecule has 0 aliphatic heterocycles. The van der Waals surface area contributed by atoms with E-state index in [1.54, 1.807) is 30.3 Å². The van der Waals surface area contributed by atoms with E-state index in [0.717, 1.165) is 37.7 Å². The van der Waals surface area contributed by atoms with Crippen molar-refractivity contribution in [3.05, 3.63) is 47.6 Å². The molecule has 0 spiro atoms. The average molecular weight is 455 g/mol. The van der Waals surface area contributed by atoms with Crippen LogP contribution >= 0.6 is 0 Å². The summed E-state index contributed by atoms with van der Waals surface area (Å²) in [5.74, 6) is 0.782. The first-order chi connectivity index (χ1) is 15.6. The summed E-state index contributed by atoms with van der Waals surface area (Å²) in [5.41, 5.74) is 2.13. The van der Waals surface area contributed by atoms with Crippen LogP contribution in [0, 0.1) is 29.1 Å². The summed E-state index contributed by atoms with van der Waals surface area (Å²) in [7, 11) is 0. The number of benzene rings is 1. The fraction of sp³-hybridized carbons (Fsp3) is 0.571. The van der Waals surface area contributed by atoms with Crippen LogP contribution in [0.5, 0.6) is 5.75 Å². The highest BCUT2D eigenvalue weighted by molar-refractivity contribution is 5.87. The second kappa shape index (κ2) is 10.6. The van der Waals surface area contributed by atoms with Crippen LogP contribution < -0.4 is 0 Å². The molecule has 5 atom stereocenters. The van der Waals surface area contributed by atoms with Gasteiger partial charge < -0.3 is 14.9 Å². The summed E-state index contributed by atoms with van der Waals surface area (Å²) in [5, 5.41) is 18.5. The molecule has 1 fully saturated rings. The van der Waals surface area contributed by atoms with Crippen LogP contribution in [0.2, 0.25) is 0 Å². The van der Waals surface area contributed by atoms with Crippen molar-refractivity contribution in [3.63, 3.8) is 0 Å². The van der Waals surface area contributed by atoms with Crippen molar-refractivity contribution in [2.75, 3.05) is 0 Å². The summed E-state index contributed by atoms with van der Waals surface area (Å²) in [6, 6.07) is 6.68. The highest BCUT2D eigenvalue weighted by atomic mass is 16.5. The lowest BCUT2D eigenvalue weighted by molar-refractivity contribution is -0.160. The number of phenols is 1. The number of aromatic hydroxyl groups is 1. The maximum Gasteiger partial charge on any atom is 0.331 e. The van der Waals surface area contributed by atoms with Crippen molar-refractivity contribution in [1.29, 1.82) is 0 Å². The number of ether oxygens (including phenoxy) is 1.